The molecule has 0 spiro atoms. The van der Waals surface area contributed by atoms with E-state index in [0.29, 0.717) is 21.5 Å². The number of oxazole rings is 1. The van der Waals surface area contributed by atoms with Crippen LogP contribution in [0.15, 0.2) is 22.1 Å². The second kappa shape index (κ2) is 3.55. The summed E-state index contributed by atoms with van der Waals surface area (Å²) in [6.07, 6.45) is 1.34. The molecular weight excluding hydrogens is 222 g/mol. The van der Waals surface area contributed by atoms with Crippen molar-refractivity contribution >= 4 is 28.7 Å². The molecule has 0 fully saturated rings. The number of nitrogens with zero attached hydrogens (tertiary/aromatic N) is 1. The van der Waals surface area contributed by atoms with Gasteiger partial charge >= 0.3 is 0 Å². The fourth-order valence-electron chi connectivity index (χ4n) is 1.06. The SMILES string of the molecule is Cc1nc(C(=O)c2ccsc2Cl)co1. The zero-order valence-corrected chi connectivity index (χ0v) is 8.85. The van der Waals surface area contributed by atoms with Crippen molar-refractivity contribution in [2.45, 2.75) is 6.92 Å². The van der Waals surface area contributed by atoms with Gasteiger partial charge in [0.2, 0.25) is 5.78 Å². The Hall–Kier alpha value is -1.13. The first-order chi connectivity index (χ1) is 6.68. The van der Waals surface area contributed by atoms with Gasteiger partial charge in [-0.15, -0.1) is 11.3 Å². The molecule has 2 aromatic rings. The van der Waals surface area contributed by atoms with Crippen molar-refractivity contribution in [1.82, 2.24) is 4.98 Å². The Balaban J connectivity index is 2.38. The van der Waals surface area contributed by atoms with Crippen LogP contribution in [-0.4, -0.2) is 10.8 Å². The van der Waals surface area contributed by atoms with E-state index in [-0.39, 0.29) is 5.78 Å². The fraction of sp³-hybridized carbons (Fsp3) is 0.111. The van der Waals surface area contributed by atoms with Crippen molar-refractivity contribution in [2.24, 2.45) is 0 Å². The number of carbonyl (C=O) groups is 1. The third-order valence-corrected chi connectivity index (χ3v) is 2.88. The first-order valence-corrected chi connectivity index (χ1v) is 5.14. The maximum Gasteiger partial charge on any atom is 0.217 e. The first-order valence-electron chi connectivity index (χ1n) is 3.88. The smallest absolute Gasteiger partial charge is 0.217 e. The van der Waals surface area contributed by atoms with Gasteiger partial charge in [-0.3, -0.25) is 4.79 Å². The molecule has 2 aromatic heterocycles. The van der Waals surface area contributed by atoms with Crippen LogP contribution in [0.25, 0.3) is 0 Å². The molecule has 2 heterocycles. The quantitative estimate of drug-likeness (QED) is 0.741. The van der Waals surface area contributed by atoms with E-state index in [9.17, 15) is 4.79 Å². The summed E-state index contributed by atoms with van der Waals surface area (Å²) >= 11 is 7.15. The first kappa shape index (κ1) is 9.43. The van der Waals surface area contributed by atoms with Crippen LogP contribution >= 0.6 is 22.9 Å². The van der Waals surface area contributed by atoms with Crippen LogP contribution in [0.2, 0.25) is 4.34 Å². The molecule has 3 nitrogen and oxygen atoms in total. The molecule has 0 N–H and O–H groups in total. The molecule has 0 atom stereocenters. The van der Waals surface area contributed by atoms with E-state index in [0.717, 1.165) is 0 Å². The minimum absolute atomic E-state index is 0.201. The molecule has 0 saturated carbocycles. The molecule has 72 valence electrons. The lowest BCUT2D eigenvalue weighted by Gasteiger charge is -1.91. The maximum atomic E-state index is 11.7. The van der Waals surface area contributed by atoms with E-state index in [1.165, 1.54) is 17.6 Å². The van der Waals surface area contributed by atoms with Crippen molar-refractivity contribution in [2.75, 3.05) is 0 Å². The van der Waals surface area contributed by atoms with Crippen LogP contribution in [0.4, 0.5) is 0 Å². The van der Waals surface area contributed by atoms with Crippen molar-refractivity contribution in [3.05, 3.63) is 39.2 Å². The highest BCUT2D eigenvalue weighted by Gasteiger charge is 2.16. The second-order valence-electron chi connectivity index (χ2n) is 2.69. The summed E-state index contributed by atoms with van der Waals surface area (Å²) < 4.78 is 5.43. The minimum Gasteiger partial charge on any atom is -0.449 e. The number of hydrogen-bond donors (Lipinski definition) is 0. The van der Waals surface area contributed by atoms with Crippen molar-refractivity contribution < 1.29 is 9.21 Å². The standard InChI is InChI=1S/C9H6ClNO2S/c1-5-11-7(4-13-5)8(12)6-2-3-14-9(6)10/h2-4H,1H3. The molecule has 0 aliphatic carbocycles. The number of rotatable bonds is 2. The summed E-state index contributed by atoms with van der Waals surface area (Å²) in [6, 6.07) is 1.68. The van der Waals surface area contributed by atoms with Gasteiger partial charge in [-0.05, 0) is 11.4 Å². The summed E-state index contributed by atoms with van der Waals surface area (Å²) in [5.41, 5.74) is 0.771. The van der Waals surface area contributed by atoms with E-state index >= 15 is 0 Å². The predicted molar refractivity (Wildman–Crippen MR) is 54.0 cm³/mol. The Morgan fingerprint density at radius 2 is 2.43 bits per heavy atom. The van der Waals surface area contributed by atoms with Gasteiger partial charge in [0, 0.05) is 6.92 Å². The maximum absolute atomic E-state index is 11.7. The third kappa shape index (κ3) is 1.58. The monoisotopic (exact) mass is 227 g/mol. The molecule has 0 saturated heterocycles. The molecule has 0 radical (unpaired) electrons. The zero-order valence-electron chi connectivity index (χ0n) is 7.28. The average Bonchev–Trinajstić information content (AvgIpc) is 2.73. The number of ketones is 1. The summed E-state index contributed by atoms with van der Waals surface area (Å²) in [5.74, 6) is 0.271. The highest BCUT2D eigenvalue weighted by Crippen LogP contribution is 2.24. The van der Waals surface area contributed by atoms with E-state index in [1.54, 1.807) is 18.4 Å². The summed E-state index contributed by atoms with van der Waals surface area (Å²) in [7, 11) is 0. The number of hydrogen-bond acceptors (Lipinski definition) is 4. The van der Waals surface area contributed by atoms with Crippen LogP contribution in [0.1, 0.15) is 21.9 Å². The zero-order chi connectivity index (χ0) is 10.1. The normalized spacial score (nSPS) is 10.4. The number of halogens is 1. The highest BCUT2D eigenvalue weighted by atomic mass is 35.5. The van der Waals surface area contributed by atoms with Crippen LogP contribution in [-0.2, 0) is 0 Å². The Morgan fingerprint density at radius 3 is 2.93 bits per heavy atom. The van der Waals surface area contributed by atoms with Gasteiger partial charge < -0.3 is 4.42 Å². The molecular formula is C9H6ClNO2S. The Bertz CT molecular complexity index is 475. The lowest BCUT2D eigenvalue weighted by molar-refractivity contribution is 0.103. The molecule has 0 aliphatic rings. The van der Waals surface area contributed by atoms with E-state index in [2.05, 4.69) is 4.98 Å². The predicted octanol–water partition coefficient (Wildman–Crippen LogP) is 2.93. The molecule has 0 aliphatic heterocycles. The Kier molecular flexibility index (Phi) is 2.39. The summed E-state index contributed by atoms with van der Waals surface area (Å²) in [5, 5.41) is 1.77. The lowest BCUT2D eigenvalue weighted by Crippen LogP contribution is -2.00. The molecule has 0 bridgehead atoms. The number of aromatic nitrogens is 1. The Morgan fingerprint density at radius 1 is 1.64 bits per heavy atom. The fourth-order valence-corrected chi connectivity index (χ4v) is 1.98. The summed E-state index contributed by atoms with van der Waals surface area (Å²) in [6.45, 7) is 1.69. The van der Waals surface area contributed by atoms with Gasteiger partial charge in [0.25, 0.3) is 0 Å². The molecule has 5 heteroatoms. The van der Waals surface area contributed by atoms with E-state index < -0.39 is 0 Å². The van der Waals surface area contributed by atoms with Crippen molar-refractivity contribution in [3.63, 3.8) is 0 Å². The molecule has 0 unspecified atom stereocenters. The molecule has 14 heavy (non-hydrogen) atoms. The van der Waals surface area contributed by atoms with Crippen LogP contribution in [0, 0.1) is 6.92 Å². The minimum atomic E-state index is -0.201. The van der Waals surface area contributed by atoms with Crippen LogP contribution in [0.5, 0.6) is 0 Å². The van der Waals surface area contributed by atoms with Gasteiger partial charge in [-0.2, -0.15) is 0 Å². The Labute approximate surface area is 89.3 Å². The average molecular weight is 228 g/mol. The number of carbonyl (C=O) groups excluding carboxylic acids is 1. The highest BCUT2D eigenvalue weighted by molar-refractivity contribution is 7.14. The lowest BCUT2D eigenvalue weighted by atomic mass is 10.2. The second-order valence-corrected chi connectivity index (χ2v) is 4.21. The van der Waals surface area contributed by atoms with Crippen molar-refractivity contribution in [3.8, 4) is 0 Å². The van der Waals surface area contributed by atoms with E-state index in [4.69, 9.17) is 16.0 Å². The number of aryl methyl sites for hydroxylation is 1. The number of thiophene rings is 1. The van der Waals surface area contributed by atoms with Crippen molar-refractivity contribution in [1.29, 1.82) is 0 Å². The van der Waals surface area contributed by atoms with Gasteiger partial charge in [-0.25, -0.2) is 4.98 Å². The van der Waals surface area contributed by atoms with Gasteiger partial charge in [0.1, 0.15) is 16.3 Å². The topological polar surface area (TPSA) is 43.1 Å². The summed E-state index contributed by atoms with van der Waals surface area (Å²) in [4.78, 5) is 15.7. The van der Waals surface area contributed by atoms with Crippen LogP contribution in [0.3, 0.4) is 0 Å². The van der Waals surface area contributed by atoms with Gasteiger partial charge in [0.15, 0.2) is 5.89 Å². The molecule has 0 amide bonds. The van der Waals surface area contributed by atoms with Gasteiger partial charge in [0.05, 0.1) is 5.56 Å². The van der Waals surface area contributed by atoms with E-state index in [1.807, 2.05) is 0 Å². The van der Waals surface area contributed by atoms with Gasteiger partial charge in [-0.1, -0.05) is 11.6 Å². The molecule has 2 rings (SSSR count). The third-order valence-electron chi connectivity index (χ3n) is 1.71. The van der Waals surface area contributed by atoms with Crippen LogP contribution < -0.4 is 0 Å². The molecule has 0 aromatic carbocycles. The largest absolute Gasteiger partial charge is 0.449 e.